The minimum atomic E-state index is -4.01. The SMILES string of the molecule is [O-][I+2]([O-])[O-].[O-][I+2]([O-])[O-].[O-][I+2]([O-])[O-].[Tb+3]. The standard InChI is InChI=1S/3IO3.Tb/c3*2-1(3)4;/q3*-1;+3. The first-order valence-corrected chi connectivity index (χ1v) is 9.32. The second kappa shape index (κ2) is 20.5. The van der Waals surface area contributed by atoms with Gasteiger partial charge in [-0.2, -0.15) is 0 Å². The van der Waals surface area contributed by atoms with Crippen molar-refractivity contribution >= 4 is 0 Å². The molecule has 0 spiro atoms. The van der Waals surface area contributed by atoms with Crippen LogP contribution in [0.15, 0.2) is 0 Å². The van der Waals surface area contributed by atoms with E-state index < -0.39 is 63.2 Å². The van der Waals surface area contributed by atoms with Crippen LogP contribution in [0.2, 0.25) is 0 Å². The number of hydrogen-bond donors (Lipinski definition) is 0. The normalized spacial score (nSPS) is 8.31. The molecule has 0 aromatic heterocycles. The molecule has 0 N–H and O–H groups in total. The molecule has 0 aliphatic carbocycles. The van der Waals surface area contributed by atoms with Crippen molar-refractivity contribution in [2.75, 3.05) is 0 Å². The number of halogens is 3. The van der Waals surface area contributed by atoms with Crippen molar-refractivity contribution in [1.29, 1.82) is 0 Å². The van der Waals surface area contributed by atoms with Crippen LogP contribution in [-0.4, -0.2) is 0 Å². The Kier molecular flexibility index (Phi) is 39.6. The zero-order valence-corrected chi connectivity index (χ0v) is 13.8. The quantitative estimate of drug-likeness (QED) is 0.222. The molecule has 84 valence electrons. The molecular formula is I3O9Tb. The molecule has 0 aromatic rings. The predicted molar refractivity (Wildman–Crippen MR) is 0 cm³/mol. The topological polar surface area (TPSA) is 208 Å². The van der Waals surface area contributed by atoms with E-state index in [0.717, 1.165) is 0 Å². The molecule has 0 unspecified atom stereocenters. The monoisotopic (exact) mass is 684 g/mol. The van der Waals surface area contributed by atoms with Gasteiger partial charge < -0.3 is 30.9 Å². The molecule has 0 rings (SSSR count). The molecule has 13 heavy (non-hydrogen) atoms. The van der Waals surface area contributed by atoms with E-state index in [4.69, 9.17) is 30.9 Å². The van der Waals surface area contributed by atoms with Crippen LogP contribution in [-0.2, 0) is 0 Å². The van der Waals surface area contributed by atoms with Gasteiger partial charge in [0.15, 0.2) is 0 Å². The van der Waals surface area contributed by atoms with Crippen LogP contribution in [0.1, 0.15) is 0 Å². The molecule has 0 amide bonds. The molecule has 0 fully saturated rings. The van der Waals surface area contributed by atoms with Crippen LogP contribution in [0, 0.1) is 38.6 Å². The van der Waals surface area contributed by atoms with E-state index in [0.29, 0.717) is 0 Å². The van der Waals surface area contributed by atoms with E-state index in [1.807, 2.05) is 0 Å². The van der Waals surface area contributed by atoms with E-state index in [1.165, 1.54) is 0 Å². The van der Waals surface area contributed by atoms with Gasteiger partial charge in [-0.15, -0.1) is 0 Å². The zero-order chi connectivity index (χ0) is 10.7. The van der Waals surface area contributed by atoms with Crippen LogP contribution in [0.4, 0.5) is 0 Å². The Hall–Kier alpha value is 3.12. The van der Waals surface area contributed by atoms with Crippen LogP contribution >= 0.6 is 0 Å². The fourth-order valence-electron chi connectivity index (χ4n) is 0. The zero-order valence-electron chi connectivity index (χ0n) is 5.14. The molecule has 13 heteroatoms. The summed E-state index contributed by atoms with van der Waals surface area (Å²) in [5, 5.41) is 0. The third-order valence-corrected chi connectivity index (χ3v) is 0. The molecule has 0 aliphatic heterocycles. The van der Waals surface area contributed by atoms with Crippen LogP contribution in [0.3, 0.4) is 0 Å². The van der Waals surface area contributed by atoms with E-state index in [2.05, 4.69) is 0 Å². The summed E-state index contributed by atoms with van der Waals surface area (Å²) >= 11 is -12.0. The summed E-state index contributed by atoms with van der Waals surface area (Å²) in [6.07, 6.45) is 0. The molecule has 0 aromatic carbocycles. The van der Waals surface area contributed by atoms with Gasteiger partial charge in [-0.3, -0.25) is 0 Å². The predicted octanol–water partition coefficient (Wildman–Crippen LogP) is -19.7. The Morgan fingerprint density at radius 1 is 0.385 bits per heavy atom. The largest absolute Gasteiger partial charge is 3.00 e. The summed E-state index contributed by atoms with van der Waals surface area (Å²) in [6, 6.07) is 0. The summed E-state index contributed by atoms with van der Waals surface area (Å²) < 4.78 is 77.2. The Morgan fingerprint density at radius 2 is 0.385 bits per heavy atom. The molecule has 0 saturated carbocycles. The first kappa shape index (κ1) is 25.1. The molecule has 0 atom stereocenters. The summed E-state index contributed by atoms with van der Waals surface area (Å²) in [5.41, 5.74) is 0. The van der Waals surface area contributed by atoms with Gasteiger partial charge in [0, 0.05) is 0 Å². The van der Waals surface area contributed by atoms with Crippen molar-refractivity contribution in [1.82, 2.24) is 0 Å². The van der Waals surface area contributed by atoms with Gasteiger partial charge >= 0.3 is 38.6 Å². The molecule has 9 nitrogen and oxygen atoms in total. The van der Waals surface area contributed by atoms with Crippen molar-refractivity contribution in [3.05, 3.63) is 0 Å². The maximum absolute atomic E-state index is 8.57. The van der Waals surface area contributed by atoms with Gasteiger partial charge in [0.25, 0.3) is 63.2 Å². The molecule has 0 radical (unpaired) electrons. The van der Waals surface area contributed by atoms with Crippen molar-refractivity contribution in [3.8, 4) is 0 Å². The minimum absolute atomic E-state index is 0. The Labute approximate surface area is 130 Å². The van der Waals surface area contributed by atoms with Gasteiger partial charge in [0.05, 0.1) is 0 Å². The average molecular weight is 684 g/mol. The third kappa shape index (κ3) is 268. The van der Waals surface area contributed by atoms with E-state index in [9.17, 15) is 0 Å². The van der Waals surface area contributed by atoms with Gasteiger partial charge in [0.2, 0.25) is 0 Å². The summed E-state index contributed by atoms with van der Waals surface area (Å²) in [4.78, 5) is 0. The van der Waals surface area contributed by atoms with E-state index in [-0.39, 0.29) is 38.6 Å². The maximum atomic E-state index is 8.57. The minimum Gasteiger partial charge on any atom is -0.427 e. The molecular weight excluding hydrogens is 684 g/mol. The molecule has 0 aliphatic rings. The number of hydrogen-bond acceptors (Lipinski definition) is 9. The molecule has 0 bridgehead atoms. The Bertz CT molecular complexity index is 43.4. The number of rotatable bonds is 0. The second-order valence-corrected chi connectivity index (χ2v) is 3.80. The Morgan fingerprint density at radius 3 is 0.385 bits per heavy atom. The van der Waals surface area contributed by atoms with Gasteiger partial charge in [-0.25, -0.2) is 0 Å². The third-order valence-electron chi connectivity index (χ3n) is 0. The fraction of sp³-hybridized carbons (Fsp3) is 0. The van der Waals surface area contributed by atoms with E-state index >= 15 is 0 Å². The van der Waals surface area contributed by atoms with Crippen molar-refractivity contribution < 1.29 is 133 Å². The first-order chi connectivity index (χ1) is 5.20. The maximum Gasteiger partial charge on any atom is 3.00 e. The molecule has 0 saturated heterocycles. The van der Waals surface area contributed by atoms with Gasteiger partial charge in [0.1, 0.15) is 0 Å². The molecule has 0 heterocycles. The smallest absolute Gasteiger partial charge is 0.427 e. The van der Waals surface area contributed by atoms with Crippen LogP contribution in [0.5, 0.6) is 0 Å². The van der Waals surface area contributed by atoms with E-state index in [1.54, 1.807) is 0 Å². The Balaban J connectivity index is -0.0000000450. The van der Waals surface area contributed by atoms with Crippen molar-refractivity contribution in [2.45, 2.75) is 0 Å². The first-order valence-electron chi connectivity index (χ1n) is 1.39. The average Bonchev–Trinajstić information content (AvgIpc) is 1.54. The fourth-order valence-corrected chi connectivity index (χ4v) is 0. The van der Waals surface area contributed by atoms with Crippen LogP contribution in [0.25, 0.3) is 0 Å². The second-order valence-electron chi connectivity index (χ2n) is 0.567. The summed E-state index contributed by atoms with van der Waals surface area (Å²) in [7, 11) is 0. The van der Waals surface area contributed by atoms with Crippen molar-refractivity contribution in [2.24, 2.45) is 0 Å². The van der Waals surface area contributed by atoms with Crippen LogP contribution < -0.4 is 94.1 Å². The summed E-state index contributed by atoms with van der Waals surface area (Å²) in [5.74, 6) is 0. The summed E-state index contributed by atoms with van der Waals surface area (Å²) in [6.45, 7) is 0. The van der Waals surface area contributed by atoms with Crippen molar-refractivity contribution in [3.63, 3.8) is 0 Å². The van der Waals surface area contributed by atoms with Gasteiger partial charge in [-0.1, -0.05) is 0 Å². The van der Waals surface area contributed by atoms with Gasteiger partial charge in [-0.05, 0) is 0 Å².